The van der Waals surface area contributed by atoms with Gasteiger partial charge in [0.25, 0.3) is 5.91 Å². The van der Waals surface area contributed by atoms with Crippen LogP contribution in [0.25, 0.3) is 5.69 Å². The molecule has 29 heavy (non-hydrogen) atoms. The van der Waals surface area contributed by atoms with Crippen LogP contribution in [0.15, 0.2) is 54.6 Å². The van der Waals surface area contributed by atoms with Gasteiger partial charge < -0.3 is 5.32 Å². The van der Waals surface area contributed by atoms with Crippen LogP contribution in [-0.2, 0) is 16.1 Å². The van der Waals surface area contributed by atoms with Crippen LogP contribution < -0.4 is 5.32 Å². The fourth-order valence-electron chi connectivity index (χ4n) is 3.13. The summed E-state index contributed by atoms with van der Waals surface area (Å²) in [5.41, 5.74) is 2.94. The summed E-state index contributed by atoms with van der Waals surface area (Å²) in [4.78, 5) is 38.8. The molecule has 2 heterocycles. The highest BCUT2D eigenvalue weighted by Gasteiger charge is 2.28. The molecule has 0 radical (unpaired) electrons. The summed E-state index contributed by atoms with van der Waals surface area (Å²) in [6, 6.07) is 16.4. The number of hydrogen-bond donors (Lipinski definition) is 1. The lowest BCUT2D eigenvalue weighted by atomic mass is 10.2. The number of amides is 3. The Morgan fingerprint density at radius 2 is 1.62 bits per heavy atom. The van der Waals surface area contributed by atoms with Gasteiger partial charge in [-0.05, 0) is 36.8 Å². The molecule has 8 heteroatoms. The number of carbonyl (C=O) groups excluding carboxylic acids is 3. The second-order valence-electron chi connectivity index (χ2n) is 6.78. The molecule has 0 bridgehead atoms. The van der Waals surface area contributed by atoms with E-state index < -0.39 is 0 Å². The molecular weight excluding hydrogens is 370 g/mol. The first kappa shape index (κ1) is 18.5. The number of aryl methyl sites for hydroxylation is 1. The molecule has 1 aliphatic rings. The first-order valence-corrected chi connectivity index (χ1v) is 9.24. The lowest BCUT2D eigenvalue weighted by molar-refractivity contribution is -0.139. The van der Waals surface area contributed by atoms with Crippen molar-refractivity contribution in [1.29, 1.82) is 0 Å². The molecule has 3 aromatic rings. The monoisotopic (exact) mass is 389 g/mol. The van der Waals surface area contributed by atoms with Crippen LogP contribution in [0, 0.1) is 6.92 Å². The van der Waals surface area contributed by atoms with Crippen LogP contribution in [0.1, 0.15) is 34.6 Å². The third-order valence-electron chi connectivity index (χ3n) is 4.69. The lowest BCUT2D eigenvalue weighted by Crippen LogP contribution is -2.28. The molecule has 2 aromatic carbocycles. The predicted molar refractivity (Wildman–Crippen MR) is 105 cm³/mol. The quantitative estimate of drug-likeness (QED) is 0.676. The van der Waals surface area contributed by atoms with Gasteiger partial charge in [0.15, 0.2) is 5.69 Å². The van der Waals surface area contributed by atoms with Gasteiger partial charge in [0.1, 0.15) is 0 Å². The molecule has 0 spiro atoms. The van der Waals surface area contributed by atoms with Gasteiger partial charge in [-0.3, -0.25) is 19.3 Å². The molecule has 0 unspecified atom stereocenters. The Morgan fingerprint density at radius 1 is 0.966 bits per heavy atom. The standard InChI is InChI=1S/C21H19N5O3/c1-14-20(24-26(23-14)17-5-3-2-4-6-17)21(29)22-16-9-7-15(8-10-16)13-25-18(27)11-12-19(25)28/h2-10H,11-13H2,1H3,(H,22,29). The molecule has 1 aromatic heterocycles. The molecule has 8 nitrogen and oxygen atoms in total. The van der Waals surface area contributed by atoms with Gasteiger partial charge in [0.05, 0.1) is 17.9 Å². The summed E-state index contributed by atoms with van der Waals surface area (Å²) in [5.74, 6) is -0.656. The first-order valence-electron chi connectivity index (χ1n) is 9.24. The van der Waals surface area contributed by atoms with Crippen LogP contribution in [0.4, 0.5) is 5.69 Å². The van der Waals surface area contributed by atoms with Gasteiger partial charge in [-0.15, -0.1) is 5.10 Å². The number of para-hydroxylation sites is 1. The number of likely N-dealkylation sites (tertiary alicyclic amines) is 1. The van der Waals surface area contributed by atoms with Crippen LogP contribution >= 0.6 is 0 Å². The second kappa shape index (κ2) is 7.67. The lowest BCUT2D eigenvalue weighted by Gasteiger charge is -2.14. The zero-order valence-corrected chi connectivity index (χ0v) is 15.8. The minimum absolute atomic E-state index is 0.149. The van der Waals surface area contributed by atoms with E-state index in [1.165, 1.54) is 9.70 Å². The van der Waals surface area contributed by atoms with E-state index in [4.69, 9.17) is 0 Å². The molecule has 1 fully saturated rings. The van der Waals surface area contributed by atoms with Crippen molar-refractivity contribution in [3.63, 3.8) is 0 Å². The van der Waals surface area contributed by atoms with Gasteiger partial charge in [-0.2, -0.15) is 9.90 Å². The van der Waals surface area contributed by atoms with Gasteiger partial charge in [0, 0.05) is 18.5 Å². The number of benzene rings is 2. The molecule has 0 aliphatic carbocycles. The Balaban J connectivity index is 1.44. The van der Waals surface area contributed by atoms with Crippen molar-refractivity contribution in [2.24, 2.45) is 0 Å². The Hall–Kier alpha value is -3.81. The molecule has 1 aliphatic heterocycles. The number of carbonyl (C=O) groups is 3. The van der Waals surface area contributed by atoms with E-state index in [-0.39, 0.29) is 42.8 Å². The first-order chi connectivity index (χ1) is 14.0. The molecule has 4 rings (SSSR count). The predicted octanol–water partition coefficient (Wildman–Crippen LogP) is 2.48. The molecule has 3 amide bonds. The van der Waals surface area contributed by atoms with Crippen molar-refractivity contribution >= 4 is 23.4 Å². The third kappa shape index (κ3) is 3.91. The van der Waals surface area contributed by atoms with Crippen molar-refractivity contribution in [3.05, 3.63) is 71.5 Å². The van der Waals surface area contributed by atoms with Crippen LogP contribution in [0.5, 0.6) is 0 Å². The topological polar surface area (TPSA) is 97.2 Å². The fourth-order valence-corrected chi connectivity index (χ4v) is 3.13. The maximum atomic E-state index is 12.6. The maximum absolute atomic E-state index is 12.6. The van der Waals surface area contributed by atoms with Crippen LogP contribution in [-0.4, -0.2) is 37.6 Å². The summed E-state index contributed by atoms with van der Waals surface area (Å²) >= 11 is 0. The highest BCUT2D eigenvalue weighted by Crippen LogP contribution is 2.18. The molecule has 1 saturated heterocycles. The molecule has 146 valence electrons. The van der Waals surface area contributed by atoms with E-state index in [9.17, 15) is 14.4 Å². The van der Waals surface area contributed by atoms with Gasteiger partial charge >= 0.3 is 0 Å². The molecular formula is C21H19N5O3. The fraction of sp³-hybridized carbons (Fsp3) is 0.190. The van der Waals surface area contributed by atoms with Crippen LogP contribution in [0.2, 0.25) is 0 Å². The van der Waals surface area contributed by atoms with E-state index >= 15 is 0 Å². The van der Waals surface area contributed by atoms with Gasteiger partial charge in [0.2, 0.25) is 11.8 Å². The van der Waals surface area contributed by atoms with Crippen molar-refractivity contribution in [2.45, 2.75) is 26.3 Å². The molecule has 1 N–H and O–H groups in total. The largest absolute Gasteiger partial charge is 0.321 e. The van der Waals surface area contributed by atoms with E-state index in [2.05, 4.69) is 15.5 Å². The summed E-state index contributed by atoms with van der Waals surface area (Å²) < 4.78 is 0. The Labute approximate surface area is 167 Å². The average molecular weight is 389 g/mol. The van der Waals surface area contributed by atoms with E-state index in [1.54, 1.807) is 31.2 Å². The Kier molecular flexibility index (Phi) is 4.90. The summed E-state index contributed by atoms with van der Waals surface area (Å²) in [6.45, 7) is 1.98. The number of rotatable bonds is 5. The molecule has 0 atom stereocenters. The van der Waals surface area contributed by atoms with E-state index in [0.717, 1.165) is 11.3 Å². The maximum Gasteiger partial charge on any atom is 0.278 e. The van der Waals surface area contributed by atoms with Gasteiger partial charge in [-0.1, -0.05) is 30.3 Å². The zero-order chi connectivity index (χ0) is 20.4. The van der Waals surface area contributed by atoms with Gasteiger partial charge in [-0.25, -0.2) is 0 Å². The number of hydrogen-bond acceptors (Lipinski definition) is 5. The van der Waals surface area contributed by atoms with E-state index in [0.29, 0.717) is 11.4 Å². The van der Waals surface area contributed by atoms with Crippen molar-refractivity contribution in [1.82, 2.24) is 19.9 Å². The minimum atomic E-state index is -0.359. The number of aromatic nitrogens is 3. The average Bonchev–Trinajstić information content (AvgIpc) is 3.27. The minimum Gasteiger partial charge on any atom is -0.321 e. The highest BCUT2D eigenvalue weighted by atomic mass is 16.2. The Morgan fingerprint density at radius 3 is 2.28 bits per heavy atom. The summed E-state index contributed by atoms with van der Waals surface area (Å²) in [6.07, 6.45) is 0.548. The van der Waals surface area contributed by atoms with Crippen molar-refractivity contribution < 1.29 is 14.4 Å². The van der Waals surface area contributed by atoms with Crippen molar-refractivity contribution in [3.8, 4) is 5.69 Å². The zero-order valence-electron chi connectivity index (χ0n) is 15.8. The summed E-state index contributed by atoms with van der Waals surface area (Å²) in [5, 5.41) is 11.4. The number of imide groups is 1. The number of nitrogens with zero attached hydrogens (tertiary/aromatic N) is 4. The number of anilines is 1. The Bertz CT molecular complexity index is 1060. The van der Waals surface area contributed by atoms with Crippen molar-refractivity contribution in [2.75, 3.05) is 5.32 Å². The molecule has 0 saturated carbocycles. The number of nitrogens with one attached hydrogen (secondary N) is 1. The smallest absolute Gasteiger partial charge is 0.278 e. The van der Waals surface area contributed by atoms with Crippen LogP contribution in [0.3, 0.4) is 0 Å². The normalized spacial score (nSPS) is 13.8. The third-order valence-corrected chi connectivity index (χ3v) is 4.69. The summed E-state index contributed by atoms with van der Waals surface area (Å²) in [7, 11) is 0. The SMILES string of the molecule is Cc1nn(-c2ccccc2)nc1C(=O)Nc1ccc(CN2C(=O)CCC2=O)cc1. The highest BCUT2D eigenvalue weighted by molar-refractivity contribution is 6.03. The second-order valence-corrected chi connectivity index (χ2v) is 6.78. The van der Waals surface area contributed by atoms with E-state index in [1.807, 2.05) is 30.3 Å².